The molecule has 0 unspecified atom stereocenters. The summed E-state index contributed by atoms with van der Waals surface area (Å²) in [6.07, 6.45) is 9.79. The van der Waals surface area contributed by atoms with Crippen molar-refractivity contribution in [3.05, 3.63) is 113 Å². The fourth-order valence-electron chi connectivity index (χ4n) is 4.01. The number of amides is 2. The molecule has 0 spiro atoms. The van der Waals surface area contributed by atoms with Crippen LogP contribution in [0.25, 0.3) is 11.6 Å². The Labute approximate surface area is 215 Å². The Morgan fingerprint density at radius 3 is 2.22 bits per heavy atom. The summed E-state index contributed by atoms with van der Waals surface area (Å²) in [4.78, 5) is 35.2. The van der Waals surface area contributed by atoms with E-state index in [1.54, 1.807) is 18.2 Å². The quantitative estimate of drug-likeness (QED) is 0.145. The van der Waals surface area contributed by atoms with Gasteiger partial charge in [0.2, 0.25) is 0 Å². The lowest BCUT2D eigenvalue weighted by Crippen LogP contribution is -2.21. The SMILES string of the molecule is O=C1C=C(c2ccc(OCCCCCCc3ccc(C=CC(=O)c4ccc(F)cc4)cc3)cc2)C(=O)N1. The number of allylic oxidation sites excluding steroid dienone is 1. The fourth-order valence-corrected chi connectivity index (χ4v) is 4.01. The van der Waals surface area contributed by atoms with Crippen molar-refractivity contribution in [2.75, 3.05) is 6.61 Å². The van der Waals surface area contributed by atoms with E-state index in [4.69, 9.17) is 4.74 Å². The van der Waals surface area contributed by atoms with Gasteiger partial charge in [-0.05, 0) is 78.4 Å². The molecule has 2 amide bonds. The van der Waals surface area contributed by atoms with Gasteiger partial charge in [-0.25, -0.2) is 4.39 Å². The number of unbranched alkanes of at least 4 members (excludes halogenated alkanes) is 3. The highest BCUT2D eigenvalue weighted by molar-refractivity contribution is 6.33. The zero-order valence-corrected chi connectivity index (χ0v) is 20.4. The van der Waals surface area contributed by atoms with Crippen LogP contribution in [0.5, 0.6) is 5.75 Å². The molecule has 3 aromatic rings. The molecule has 0 bridgehead atoms. The summed E-state index contributed by atoms with van der Waals surface area (Å²) in [5.74, 6) is -0.535. The number of imide groups is 1. The molecule has 0 atom stereocenters. The number of ketones is 1. The summed E-state index contributed by atoms with van der Waals surface area (Å²) < 4.78 is 18.8. The van der Waals surface area contributed by atoms with Crippen LogP contribution in [0, 0.1) is 5.82 Å². The number of halogens is 1. The van der Waals surface area contributed by atoms with Crippen molar-refractivity contribution in [3.63, 3.8) is 0 Å². The lowest BCUT2D eigenvalue weighted by Gasteiger charge is -2.07. The van der Waals surface area contributed by atoms with E-state index in [2.05, 4.69) is 17.4 Å². The molecule has 1 heterocycles. The van der Waals surface area contributed by atoms with Gasteiger partial charge < -0.3 is 4.74 Å². The van der Waals surface area contributed by atoms with Gasteiger partial charge in [0, 0.05) is 11.6 Å². The first-order chi connectivity index (χ1) is 18.0. The second kappa shape index (κ2) is 12.6. The number of nitrogens with one attached hydrogen (secondary N) is 1. The third-order valence-corrected chi connectivity index (χ3v) is 6.09. The second-order valence-electron chi connectivity index (χ2n) is 8.86. The standard InChI is InChI=1S/C31H28FNO4/c32-26-15-11-25(12-16-26)29(34)19-10-23-8-6-22(7-9-23)5-3-1-2-4-20-37-27-17-13-24(14-18-27)28-21-30(35)33-31(28)36/h6-19,21H,1-5,20H2,(H,33,35,36). The topological polar surface area (TPSA) is 72.5 Å². The van der Waals surface area contributed by atoms with Crippen LogP contribution in [-0.4, -0.2) is 24.2 Å². The van der Waals surface area contributed by atoms with Crippen molar-refractivity contribution in [3.8, 4) is 5.75 Å². The molecule has 37 heavy (non-hydrogen) atoms. The summed E-state index contributed by atoms with van der Waals surface area (Å²) >= 11 is 0. The summed E-state index contributed by atoms with van der Waals surface area (Å²) in [5, 5.41) is 2.24. The van der Waals surface area contributed by atoms with E-state index in [9.17, 15) is 18.8 Å². The van der Waals surface area contributed by atoms with E-state index in [0.717, 1.165) is 43.4 Å². The van der Waals surface area contributed by atoms with Crippen LogP contribution in [0.1, 0.15) is 52.7 Å². The minimum absolute atomic E-state index is 0.154. The molecule has 5 nitrogen and oxygen atoms in total. The molecular weight excluding hydrogens is 469 g/mol. The number of rotatable bonds is 12. The number of benzene rings is 3. The summed E-state index contributed by atoms with van der Waals surface area (Å²) in [7, 11) is 0. The molecule has 188 valence electrons. The number of aryl methyl sites for hydroxylation is 1. The predicted molar refractivity (Wildman–Crippen MR) is 141 cm³/mol. The normalized spacial score (nSPS) is 13.1. The smallest absolute Gasteiger partial charge is 0.258 e. The van der Waals surface area contributed by atoms with Gasteiger partial charge in [0.15, 0.2) is 5.78 Å². The highest BCUT2D eigenvalue weighted by Crippen LogP contribution is 2.21. The largest absolute Gasteiger partial charge is 0.494 e. The van der Waals surface area contributed by atoms with Crippen LogP contribution < -0.4 is 10.1 Å². The fraction of sp³-hybridized carbons (Fsp3) is 0.194. The second-order valence-corrected chi connectivity index (χ2v) is 8.86. The van der Waals surface area contributed by atoms with Crippen molar-refractivity contribution < 1.29 is 23.5 Å². The summed E-state index contributed by atoms with van der Waals surface area (Å²) in [5.41, 5.74) is 3.73. The Morgan fingerprint density at radius 2 is 1.54 bits per heavy atom. The number of carbonyl (C=O) groups is 3. The van der Waals surface area contributed by atoms with Crippen molar-refractivity contribution >= 4 is 29.2 Å². The van der Waals surface area contributed by atoms with E-state index < -0.39 is 0 Å². The van der Waals surface area contributed by atoms with Gasteiger partial charge in [-0.2, -0.15) is 0 Å². The van der Waals surface area contributed by atoms with Crippen molar-refractivity contribution in [1.29, 1.82) is 0 Å². The van der Waals surface area contributed by atoms with Crippen molar-refractivity contribution in [1.82, 2.24) is 5.32 Å². The van der Waals surface area contributed by atoms with Crippen LogP contribution in [0.4, 0.5) is 4.39 Å². The van der Waals surface area contributed by atoms with Gasteiger partial charge in [-0.15, -0.1) is 0 Å². The van der Waals surface area contributed by atoms with Gasteiger partial charge in [0.1, 0.15) is 11.6 Å². The Balaban J connectivity index is 1.11. The van der Waals surface area contributed by atoms with Crippen molar-refractivity contribution in [2.24, 2.45) is 0 Å². The minimum Gasteiger partial charge on any atom is -0.494 e. The zero-order chi connectivity index (χ0) is 26.0. The maximum Gasteiger partial charge on any atom is 0.258 e. The summed E-state index contributed by atoms with van der Waals surface area (Å²) in [6.45, 7) is 0.624. The zero-order valence-electron chi connectivity index (χ0n) is 20.4. The number of carbonyl (C=O) groups excluding carboxylic acids is 3. The molecule has 0 radical (unpaired) electrons. The number of hydrogen-bond acceptors (Lipinski definition) is 4. The van der Waals surface area contributed by atoms with Gasteiger partial charge in [-0.3, -0.25) is 19.7 Å². The Bertz CT molecular complexity index is 1310. The molecule has 1 N–H and O–H groups in total. The van der Waals surface area contributed by atoms with Crippen LogP contribution in [0.3, 0.4) is 0 Å². The molecule has 4 rings (SSSR count). The monoisotopic (exact) mass is 497 g/mol. The first-order valence-corrected chi connectivity index (χ1v) is 12.3. The number of ether oxygens (including phenoxy) is 1. The third-order valence-electron chi connectivity index (χ3n) is 6.09. The molecule has 1 aliphatic heterocycles. The molecule has 1 aliphatic rings. The first kappa shape index (κ1) is 25.8. The predicted octanol–water partition coefficient (Wildman–Crippen LogP) is 5.94. The van der Waals surface area contributed by atoms with E-state index >= 15 is 0 Å². The Kier molecular flexibility index (Phi) is 8.76. The van der Waals surface area contributed by atoms with Crippen LogP contribution in [0.15, 0.2) is 84.9 Å². The molecule has 0 saturated carbocycles. The Morgan fingerprint density at radius 1 is 0.838 bits per heavy atom. The molecular formula is C31H28FNO4. The maximum absolute atomic E-state index is 13.0. The molecule has 0 aromatic heterocycles. The highest BCUT2D eigenvalue weighted by Gasteiger charge is 2.21. The lowest BCUT2D eigenvalue weighted by molar-refractivity contribution is -0.123. The average molecular weight is 498 g/mol. The average Bonchev–Trinajstić information content (AvgIpc) is 3.25. The minimum atomic E-state index is -0.387. The van der Waals surface area contributed by atoms with Crippen LogP contribution >= 0.6 is 0 Å². The van der Waals surface area contributed by atoms with E-state index in [1.165, 1.54) is 42.0 Å². The number of hydrogen-bond donors (Lipinski definition) is 1. The Hall–Kier alpha value is -4.32. The van der Waals surface area contributed by atoms with Crippen LogP contribution in [-0.2, 0) is 16.0 Å². The first-order valence-electron chi connectivity index (χ1n) is 12.3. The van der Waals surface area contributed by atoms with Crippen LogP contribution in [0.2, 0.25) is 0 Å². The summed E-state index contributed by atoms with van der Waals surface area (Å²) in [6, 6.07) is 20.9. The van der Waals surface area contributed by atoms with E-state index in [0.29, 0.717) is 23.3 Å². The molecule has 0 aliphatic carbocycles. The van der Waals surface area contributed by atoms with Gasteiger partial charge in [-0.1, -0.05) is 55.3 Å². The highest BCUT2D eigenvalue weighted by atomic mass is 19.1. The molecule has 0 saturated heterocycles. The third kappa shape index (κ3) is 7.58. The van der Waals surface area contributed by atoms with Gasteiger partial charge >= 0.3 is 0 Å². The molecule has 6 heteroatoms. The van der Waals surface area contributed by atoms with E-state index in [-0.39, 0.29) is 23.4 Å². The van der Waals surface area contributed by atoms with Gasteiger partial charge in [0.05, 0.1) is 12.2 Å². The maximum atomic E-state index is 13.0. The van der Waals surface area contributed by atoms with Crippen molar-refractivity contribution in [2.45, 2.75) is 32.1 Å². The lowest BCUT2D eigenvalue weighted by atomic mass is 10.0. The molecule has 3 aromatic carbocycles. The van der Waals surface area contributed by atoms with Gasteiger partial charge in [0.25, 0.3) is 11.8 Å². The molecule has 0 fully saturated rings. The van der Waals surface area contributed by atoms with E-state index in [1.807, 2.05) is 24.3 Å².